The van der Waals surface area contributed by atoms with Gasteiger partial charge in [-0.2, -0.15) is 0 Å². The van der Waals surface area contributed by atoms with Crippen molar-refractivity contribution in [1.29, 1.82) is 0 Å². The van der Waals surface area contributed by atoms with Gasteiger partial charge in [0.1, 0.15) is 0 Å². The molecule has 1 aromatic rings. The van der Waals surface area contributed by atoms with Crippen LogP contribution >= 0.6 is 23.2 Å². The van der Waals surface area contributed by atoms with Crippen molar-refractivity contribution in [2.45, 2.75) is 13.8 Å². The topological polar surface area (TPSA) is 29.1 Å². The van der Waals surface area contributed by atoms with E-state index in [1.807, 2.05) is 26.0 Å². The summed E-state index contributed by atoms with van der Waals surface area (Å²) in [6.07, 6.45) is 0. The Hall–Kier alpha value is -0.730. The van der Waals surface area contributed by atoms with Crippen LogP contribution < -0.4 is 5.32 Å². The molecule has 1 aromatic carbocycles. The van der Waals surface area contributed by atoms with E-state index in [4.69, 9.17) is 23.2 Å². The number of alkyl halides is 1. The molecule has 1 amide bonds. The van der Waals surface area contributed by atoms with Gasteiger partial charge in [-0.1, -0.05) is 30.7 Å². The molecule has 0 aliphatic rings. The van der Waals surface area contributed by atoms with Crippen LogP contribution in [0.4, 0.5) is 0 Å². The van der Waals surface area contributed by atoms with E-state index < -0.39 is 0 Å². The molecule has 0 radical (unpaired) electrons. The van der Waals surface area contributed by atoms with Crippen molar-refractivity contribution in [1.82, 2.24) is 5.32 Å². The van der Waals surface area contributed by atoms with Crippen LogP contribution in [0.3, 0.4) is 0 Å². The monoisotopic (exact) mass is 259 g/mol. The third kappa shape index (κ3) is 3.39. The van der Waals surface area contributed by atoms with Gasteiger partial charge in [0.05, 0.1) is 10.6 Å². The number of carbonyl (C=O) groups excluding carboxylic acids is 1. The molecule has 0 saturated heterocycles. The van der Waals surface area contributed by atoms with Crippen LogP contribution in [0.1, 0.15) is 22.8 Å². The Kier molecular flexibility index (Phi) is 5.10. The summed E-state index contributed by atoms with van der Waals surface area (Å²) in [4.78, 5) is 11.8. The average molecular weight is 260 g/mol. The summed E-state index contributed by atoms with van der Waals surface area (Å²) in [5, 5.41) is 3.32. The van der Waals surface area contributed by atoms with Crippen LogP contribution in [-0.4, -0.2) is 18.3 Å². The molecule has 1 atom stereocenters. The number of rotatable bonds is 4. The van der Waals surface area contributed by atoms with Crippen molar-refractivity contribution >= 4 is 29.1 Å². The van der Waals surface area contributed by atoms with Crippen LogP contribution in [-0.2, 0) is 0 Å². The molecule has 4 heteroatoms. The molecular weight excluding hydrogens is 245 g/mol. The molecule has 0 aromatic heterocycles. The minimum atomic E-state index is -0.148. The minimum absolute atomic E-state index is 0.148. The second-order valence-electron chi connectivity index (χ2n) is 3.91. The summed E-state index contributed by atoms with van der Waals surface area (Å²) in [6, 6.07) is 5.41. The molecule has 16 heavy (non-hydrogen) atoms. The Labute approximate surface area is 106 Å². The maximum atomic E-state index is 11.8. The van der Waals surface area contributed by atoms with Crippen molar-refractivity contribution in [3.8, 4) is 0 Å². The van der Waals surface area contributed by atoms with Crippen molar-refractivity contribution in [2.75, 3.05) is 12.4 Å². The zero-order valence-corrected chi connectivity index (χ0v) is 10.9. The van der Waals surface area contributed by atoms with Gasteiger partial charge in [-0.3, -0.25) is 4.79 Å². The van der Waals surface area contributed by atoms with Gasteiger partial charge in [-0.15, -0.1) is 11.6 Å². The van der Waals surface area contributed by atoms with Crippen LogP contribution in [0.5, 0.6) is 0 Å². The number of benzene rings is 1. The lowest BCUT2D eigenvalue weighted by Crippen LogP contribution is -2.29. The molecule has 0 aliphatic carbocycles. The minimum Gasteiger partial charge on any atom is -0.352 e. The van der Waals surface area contributed by atoms with Crippen molar-refractivity contribution in [3.63, 3.8) is 0 Å². The Morgan fingerprint density at radius 2 is 2.19 bits per heavy atom. The molecule has 1 unspecified atom stereocenters. The summed E-state index contributed by atoms with van der Waals surface area (Å²) in [7, 11) is 0. The second kappa shape index (κ2) is 6.12. The number of halogens is 2. The smallest absolute Gasteiger partial charge is 0.252 e. The first kappa shape index (κ1) is 13.3. The molecule has 1 rings (SSSR count). The Morgan fingerprint density at radius 3 is 2.81 bits per heavy atom. The van der Waals surface area contributed by atoms with Gasteiger partial charge < -0.3 is 5.32 Å². The third-order valence-corrected chi connectivity index (χ3v) is 3.34. The third-order valence-electron chi connectivity index (χ3n) is 2.31. The molecule has 0 saturated carbocycles. The van der Waals surface area contributed by atoms with Crippen LogP contribution in [0.2, 0.25) is 5.02 Å². The van der Waals surface area contributed by atoms with E-state index in [0.29, 0.717) is 23.0 Å². The molecule has 0 fully saturated rings. The first-order valence-corrected chi connectivity index (χ1v) is 6.06. The van der Waals surface area contributed by atoms with Gasteiger partial charge in [-0.05, 0) is 24.5 Å². The van der Waals surface area contributed by atoms with Gasteiger partial charge in [0.15, 0.2) is 0 Å². The van der Waals surface area contributed by atoms with Crippen LogP contribution in [0.15, 0.2) is 18.2 Å². The standard InChI is InChI=1S/C12H15Cl2NO/c1-8(6-13)7-15-12(16)10-5-3-4-9(2)11(10)14/h3-5,8H,6-7H2,1-2H3,(H,15,16). The van der Waals surface area contributed by atoms with E-state index in [-0.39, 0.29) is 11.8 Å². The lowest BCUT2D eigenvalue weighted by Gasteiger charge is -2.11. The van der Waals surface area contributed by atoms with Gasteiger partial charge in [0.2, 0.25) is 0 Å². The lowest BCUT2D eigenvalue weighted by atomic mass is 10.1. The molecule has 0 aliphatic heterocycles. The van der Waals surface area contributed by atoms with E-state index in [1.54, 1.807) is 6.07 Å². The first-order chi connectivity index (χ1) is 7.56. The van der Waals surface area contributed by atoms with Gasteiger partial charge in [0, 0.05) is 12.4 Å². The molecule has 0 spiro atoms. The number of hydrogen-bond acceptors (Lipinski definition) is 1. The zero-order chi connectivity index (χ0) is 12.1. The van der Waals surface area contributed by atoms with E-state index in [0.717, 1.165) is 5.56 Å². The van der Waals surface area contributed by atoms with E-state index in [9.17, 15) is 4.79 Å². The highest BCUT2D eigenvalue weighted by atomic mass is 35.5. The fraction of sp³-hybridized carbons (Fsp3) is 0.417. The van der Waals surface area contributed by atoms with Gasteiger partial charge >= 0.3 is 0 Å². The van der Waals surface area contributed by atoms with Gasteiger partial charge in [-0.25, -0.2) is 0 Å². The largest absolute Gasteiger partial charge is 0.352 e. The zero-order valence-electron chi connectivity index (χ0n) is 9.39. The predicted octanol–water partition coefficient (Wildman–Crippen LogP) is 3.25. The lowest BCUT2D eigenvalue weighted by molar-refractivity contribution is 0.0949. The Bertz CT molecular complexity index is 379. The normalized spacial score (nSPS) is 12.2. The number of hydrogen-bond donors (Lipinski definition) is 1. The number of carbonyl (C=O) groups is 1. The number of aryl methyl sites for hydroxylation is 1. The molecule has 0 heterocycles. The molecular formula is C12H15Cl2NO. The second-order valence-corrected chi connectivity index (χ2v) is 4.59. The highest BCUT2D eigenvalue weighted by Crippen LogP contribution is 2.19. The Balaban J connectivity index is 2.70. The maximum Gasteiger partial charge on any atom is 0.252 e. The highest BCUT2D eigenvalue weighted by Gasteiger charge is 2.11. The molecule has 2 nitrogen and oxygen atoms in total. The molecule has 88 valence electrons. The van der Waals surface area contributed by atoms with Crippen molar-refractivity contribution < 1.29 is 4.79 Å². The summed E-state index contributed by atoms with van der Waals surface area (Å²) < 4.78 is 0. The SMILES string of the molecule is Cc1cccc(C(=O)NCC(C)CCl)c1Cl. The molecule has 0 bridgehead atoms. The van der Waals surface area contributed by atoms with Crippen molar-refractivity contribution in [3.05, 3.63) is 34.3 Å². The Morgan fingerprint density at radius 1 is 1.50 bits per heavy atom. The molecule has 1 N–H and O–H groups in total. The average Bonchev–Trinajstić information content (AvgIpc) is 2.29. The van der Waals surface area contributed by atoms with E-state index in [2.05, 4.69) is 5.32 Å². The quantitative estimate of drug-likeness (QED) is 0.827. The summed E-state index contributed by atoms with van der Waals surface area (Å²) in [5.74, 6) is 0.641. The predicted molar refractivity (Wildman–Crippen MR) is 68.4 cm³/mol. The number of nitrogens with one attached hydrogen (secondary N) is 1. The van der Waals surface area contributed by atoms with Crippen molar-refractivity contribution in [2.24, 2.45) is 5.92 Å². The van der Waals surface area contributed by atoms with Gasteiger partial charge in [0.25, 0.3) is 5.91 Å². The summed E-state index contributed by atoms with van der Waals surface area (Å²) in [5.41, 5.74) is 1.42. The number of amides is 1. The van der Waals surface area contributed by atoms with E-state index >= 15 is 0 Å². The maximum absolute atomic E-state index is 11.8. The first-order valence-electron chi connectivity index (χ1n) is 5.15. The fourth-order valence-corrected chi connectivity index (χ4v) is 1.56. The summed E-state index contributed by atoms with van der Waals surface area (Å²) >= 11 is 11.7. The summed E-state index contributed by atoms with van der Waals surface area (Å²) in [6.45, 7) is 4.41. The highest BCUT2D eigenvalue weighted by molar-refractivity contribution is 6.34. The van der Waals surface area contributed by atoms with Crippen LogP contribution in [0.25, 0.3) is 0 Å². The van der Waals surface area contributed by atoms with Crippen LogP contribution in [0, 0.1) is 12.8 Å². The van der Waals surface area contributed by atoms with E-state index in [1.165, 1.54) is 0 Å². The fourth-order valence-electron chi connectivity index (χ4n) is 1.24.